The number of methoxy groups -OCH3 is 1. The van der Waals surface area contributed by atoms with Crippen LogP contribution in [0.1, 0.15) is 12.8 Å². The number of rotatable bonds is 6. The van der Waals surface area contributed by atoms with Crippen molar-refractivity contribution >= 4 is 17.6 Å². The van der Waals surface area contributed by atoms with E-state index in [0.29, 0.717) is 18.8 Å². The standard InChI is InChI=1S/C10H16N4O4/c1-12(6-4-5-8(15)18-3)10-9(14(16)17)11-7-13(10)2/h7H,4-6H2,1-3H3. The van der Waals surface area contributed by atoms with E-state index in [-0.39, 0.29) is 18.2 Å². The van der Waals surface area contributed by atoms with Crippen LogP contribution in [0.2, 0.25) is 0 Å². The number of aryl methyl sites for hydroxylation is 1. The van der Waals surface area contributed by atoms with Gasteiger partial charge in [-0.15, -0.1) is 0 Å². The molecular formula is C10H16N4O4. The number of anilines is 1. The second-order valence-corrected chi connectivity index (χ2v) is 3.86. The highest BCUT2D eigenvalue weighted by molar-refractivity contribution is 5.69. The largest absolute Gasteiger partial charge is 0.469 e. The highest BCUT2D eigenvalue weighted by Gasteiger charge is 2.23. The minimum atomic E-state index is -0.522. The van der Waals surface area contributed by atoms with Crippen molar-refractivity contribution in [2.24, 2.45) is 7.05 Å². The molecule has 18 heavy (non-hydrogen) atoms. The molecular weight excluding hydrogens is 240 g/mol. The predicted octanol–water partition coefficient (Wildman–Crippen LogP) is 0.718. The van der Waals surface area contributed by atoms with Crippen LogP contribution < -0.4 is 4.90 Å². The summed E-state index contributed by atoms with van der Waals surface area (Å²) < 4.78 is 6.10. The number of aromatic nitrogens is 2. The molecule has 8 nitrogen and oxygen atoms in total. The Kier molecular flexibility index (Phi) is 4.64. The summed E-state index contributed by atoms with van der Waals surface area (Å²) in [7, 11) is 4.74. The van der Waals surface area contributed by atoms with E-state index in [4.69, 9.17) is 0 Å². The van der Waals surface area contributed by atoms with Crippen molar-refractivity contribution in [1.82, 2.24) is 9.55 Å². The number of esters is 1. The van der Waals surface area contributed by atoms with Crippen LogP contribution in [0.15, 0.2) is 6.33 Å². The summed E-state index contributed by atoms with van der Waals surface area (Å²) in [5.74, 6) is -0.0501. The first-order valence-electron chi connectivity index (χ1n) is 5.41. The number of hydrogen-bond acceptors (Lipinski definition) is 6. The number of hydrogen-bond donors (Lipinski definition) is 0. The van der Waals surface area contributed by atoms with Gasteiger partial charge < -0.3 is 19.8 Å². The summed E-state index contributed by atoms with van der Waals surface area (Å²) in [4.78, 5) is 26.7. The topological polar surface area (TPSA) is 90.5 Å². The van der Waals surface area contributed by atoms with Gasteiger partial charge in [0.15, 0.2) is 0 Å². The molecule has 0 spiro atoms. The number of nitro groups is 1. The monoisotopic (exact) mass is 256 g/mol. The molecule has 1 heterocycles. The molecule has 0 aliphatic rings. The van der Waals surface area contributed by atoms with E-state index >= 15 is 0 Å². The number of carbonyl (C=O) groups excluding carboxylic acids is 1. The zero-order valence-corrected chi connectivity index (χ0v) is 10.6. The predicted molar refractivity (Wildman–Crippen MR) is 64.4 cm³/mol. The fourth-order valence-electron chi connectivity index (χ4n) is 1.65. The second kappa shape index (κ2) is 5.99. The molecule has 0 saturated heterocycles. The molecule has 0 aliphatic heterocycles. The molecule has 1 aromatic rings. The summed E-state index contributed by atoms with van der Waals surface area (Å²) in [6.07, 6.45) is 2.24. The zero-order chi connectivity index (χ0) is 13.7. The maximum atomic E-state index is 11.0. The van der Waals surface area contributed by atoms with Crippen molar-refractivity contribution in [1.29, 1.82) is 0 Å². The van der Waals surface area contributed by atoms with Gasteiger partial charge in [0.2, 0.25) is 12.1 Å². The van der Waals surface area contributed by atoms with Gasteiger partial charge in [0, 0.05) is 27.1 Å². The second-order valence-electron chi connectivity index (χ2n) is 3.86. The molecule has 8 heteroatoms. The quantitative estimate of drug-likeness (QED) is 0.423. The first-order valence-corrected chi connectivity index (χ1v) is 5.41. The average Bonchev–Trinajstić information content (AvgIpc) is 2.70. The molecule has 0 saturated carbocycles. The Labute approximate surface area is 104 Å². The third-order valence-electron chi connectivity index (χ3n) is 2.52. The summed E-state index contributed by atoms with van der Waals surface area (Å²) in [5.41, 5.74) is 0. The summed E-state index contributed by atoms with van der Waals surface area (Å²) in [6.45, 7) is 0.509. The first-order chi connectivity index (χ1) is 8.47. The van der Waals surface area contributed by atoms with Crippen LogP contribution in [0.3, 0.4) is 0 Å². The van der Waals surface area contributed by atoms with E-state index in [0.717, 1.165) is 0 Å². The van der Waals surface area contributed by atoms with Crippen molar-refractivity contribution in [3.05, 3.63) is 16.4 Å². The third kappa shape index (κ3) is 3.19. The number of nitrogens with zero attached hydrogens (tertiary/aromatic N) is 4. The van der Waals surface area contributed by atoms with Crippen LogP contribution in [0.4, 0.5) is 11.6 Å². The van der Waals surface area contributed by atoms with Gasteiger partial charge in [-0.05, 0) is 16.3 Å². The van der Waals surface area contributed by atoms with Crippen molar-refractivity contribution < 1.29 is 14.5 Å². The third-order valence-corrected chi connectivity index (χ3v) is 2.52. The van der Waals surface area contributed by atoms with Crippen molar-refractivity contribution in [3.8, 4) is 0 Å². The Morgan fingerprint density at radius 1 is 1.67 bits per heavy atom. The smallest absolute Gasteiger partial charge is 0.406 e. The summed E-state index contributed by atoms with van der Waals surface area (Å²) >= 11 is 0. The maximum Gasteiger partial charge on any atom is 0.406 e. The first kappa shape index (κ1) is 13.9. The van der Waals surface area contributed by atoms with Gasteiger partial charge in [-0.3, -0.25) is 9.36 Å². The molecule has 0 bridgehead atoms. The van der Waals surface area contributed by atoms with E-state index in [1.165, 1.54) is 13.4 Å². The van der Waals surface area contributed by atoms with E-state index in [1.807, 2.05) is 0 Å². The fourth-order valence-corrected chi connectivity index (χ4v) is 1.65. The van der Waals surface area contributed by atoms with Gasteiger partial charge in [-0.2, -0.15) is 0 Å². The normalized spacial score (nSPS) is 10.2. The van der Waals surface area contributed by atoms with E-state index in [2.05, 4.69) is 9.72 Å². The van der Waals surface area contributed by atoms with Crippen LogP contribution in [-0.4, -0.2) is 41.1 Å². The van der Waals surface area contributed by atoms with Crippen molar-refractivity contribution in [2.45, 2.75) is 12.8 Å². The van der Waals surface area contributed by atoms with E-state index < -0.39 is 4.92 Å². The lowest BCUT2D eigenvalue weighted by Crippen LogP contribution is -2.22. The summed E-state index contributed by atoms with van der Waals surface area (Å²) in [5, 5.41) is 10.8. The molecule has 0 radical (unpaired) electrons. The van der Waals surface area contributed by atoms with Crippen LogP contribution in [0, 0.1) is 10.1 Å². The van der Waals surface area contributed by atoms with Crippen LogP contribution in [-0.2, 0) is 16.6 Å². The molecule has 0 aromatic carbocycles. The van der Waals surface area contributed by atoms with Gasteiger partial charge in [0.05, 0.1) is 7.11 Å². The molecule has 0 unspecified atom stereocenters. The zero-order valence-electron chi connectivity index (χ0n) is 10.6. The van der Waals surface area contributed by atoms with Crippen LogP contribution in [0.5, 0.6) is 0 Å². The molecule has 0 fully saturated rings. The molecule has 0 aliphatic carbocycles. The van der Waals surface area contributed by atoms with Crippen LogP contribution in [0.25, 0.3) is 0 Å². The number of imidazole rings is 1. The molecule has 1 rings (SSSR count). The lowest BCUT2D eigenvalue weighted by Gasteiger charge is -2.17. The van der Waals surface area contributed by atoms with Gasteiger partial charge in [-0.25, -0.2) is 0 Å². The van der Waals surface area contributed by atoms with Crippen molar-refractivity contribution in [2.75, 3.05) is 25.6 Å². The molecule has 0 amide bonds. The molecule has 0 atom stereocenters. The molecule has 100 valence electrons. The lowest BCUT2D eigenvalue weighted by molar-refractivity contribution is -0.388. The van der Waals surface area contributed by atoms with E-state index in [1.54, 1.807) is 23.6 Å². The van der Waals surface area contributed by atoms with Crippen molar-refractivity contribution in [3.63, 3.8) is 0 Å². The number of carbonyl (C=O) groups is 1. The Bertz CT molecular complexity index is 443. The number of ether oxygens (including phenoxy) is 1. The Morgan fingerprint density at radius 3 is 2.89 bits per heavy atom. The van der Waals surface area contributed by atoms with Crippen LogP contribution >= 0.6 is 0 Å². The Morgan fingerprint density at radius 2 is 2.33 bits per heavy atom. The molecule has 0 N–H and O–H groups in total. The highest BCUT2D eigenvalue weighted by Crippen LogP contribution is 2.24. The molecule has 1 aromatic heterocycles. The van der Waals surface area contributed by atoms with Gasteiger partial charge in [-0.1, -0.05) is 0 Å². The summed E-state index contributed by atoms with van der Waals surface area (Å²) in [6, 6.07) is 0. The Hall–Kier alpha value is -2.12. The minimum Gasteiger partial charge on any atom is -0.469 e. The average molecular weight is 256 g/mol. The lowest BCUT2D eigenvalue weighted by atomic mass is 10.3. The van der Waals surface area contributed by atoms with Gasteiger partial charge >= 0.3 is 11.8 Å². The van der Waals surface area contributed by atoms with E-state index in [9.17, 15) is 14.9 Å². The highest BCUT2D eigenvalue weighted by atomic mass is 16.6. The maximum absolute atomic E-state index is 11.0. The van der Waals surface area contributed by atoms with Gasteiger partial charge in [0.25, 0.3) is 0 Å². The SMILES string of the molecule is COC(=O)CCCN(C)c1c([N+](=O)[O-])ncn1C. The fraction of sp³-hybridized carbons (Fsp3) is 0.600. The minimum absolute atomic E-state index is 0.182. The Balaban J connectivity index is 2.66. The van der Waals surface area contributed by atoms with Gasteiger partial charge in [0.1, 0.15) is 0 Å².